The van der Waals surface area contributed by atoms with Gasteiger partial charge in [0.2, 0.25) is 0 Å². The van der Waals surface area contributed by atoms with Gasteiger partial charge in [-0.2, -0.15) is 0 Å². The van der Waals surface area contributed by atoms with Gasteiger partial charge >= 0.3 is 6.09 Å². The van der Waals surface area contributed by atoms with Crippen LogP contribution in [-0.4, -0.2) is 40.2 Å². The molecule has 0 bridgehead atoms. The minimum absolute atomic E-state index is 0.112. The van der Waals surface area contributed by atoms with Crippen LogP contribution in [0.4, 0.5) is 4.79 Å². The van der Waals surface area contributed by atoms with Gasteiger partial charge in [-0.15, -0.1) is 0 Å². The predicted molar refractivity (Wildman–Crippen MR) is 67.2 cm³/mol. The molecule has 5 heteroatoms. The molecule has 0 unspecified atom stereocenters. The summed E-state index contributed by atoms with van der Waals surface area (Å²) in [7, 11) is 0. The van der Waals surface area contributed by atoms with Gasteiger partial charge in [-0.05, 0) is 48.5 Å². The second-order valence-corrected chi connectivity index (χ2v) is 6.38. The number of nitrogens with zero attached hydrogens (tertiary/aromatic N) is 1. The van der Waals surface area contributed by atoms with Crippen molar-refractivity contribution < 1.29 is 19.1 Å². The van der Waals surface area contributed by atoms with Crippen molar-refractivity contribution in [2.45, 2.75) is 65.3 Å². The van der Waals surface area contributed by atoms with Gasteiger partial charge in [0.05, 0.1) is 6.61 Å². The van der Waals surface area contributed by atoms with E-state index in [1.165, 1.54) is 11.8 Å². The average Bonchev–Trinajstić information content (AvgIpc) is 2.35. The summed E-state index contributed by atoms with van der Waals surface area (Å²) in [5, 5.41) is 0. The zero-order valence-corrected chi connectivity index (χ0v) is 12.3. The van der Waals surface area contributed by atoms with E-state index >= 15 is 0 Å². The molecule has 0 aromatic carbocycles. The number of ether oxygens (including phenoxy) is 2. The summed E-state index contributed by atoms with van der Waals surface area (Å²) < 4.78 is 10.9. The highest BCUT2D eigenvalue weighted by molar-refractivity contribution is 5.90. The summed E-state index contributed by atoms with van der Waals surface area (Å²) in [6.45, 7) is 12.2. The average molecular weight is 257 g/mol. The van der Waals surface area contributed by atoms with Gasteiger partial charge in [-0.25, -0.2) is 4.79 Å². The van der Waals surface area contributed by atoms with Crippen LogP contribution in [0.15, 0.2) is 0 Å². The number of amides is 1. The fraction of sp³-hybridized carbons (Fsp3) is 0.846. The Balaban J connectivity index is 3.07. The molecule has 1 aliphatic heterocycles. The first-order valence-corrected chi connectivity index (χ1v) is 6.08. The Morgan fingerprint density at radius 2 is 1.72 bits per heavy atom. The Kier molecular flexibility index (Phi) is 3.51. The number of Topliss-reactive ketones (excluding diaryl/α,β-unsaturated/α-hetero) is 1. The van der Waals surface area contributed by atoms with E-state index in [0.29, 0.717) is 0 Å². The normalized spacial score (nSPS) is 27.2. The Hall–Kier alpha value is -1.10. The van der Waals surface area contributed by atoms with Crippen LogP contribution in [0.5, 0.6) is 0 Å². The van der Waals surface area contributed by atoms with Crippen LogP contribution in [0.2, 0.25) is 0 Å². The van der Waals surface area contributed by atoms with Gasteiger partial charge in [-0.1, -0.05) is 0 Å². The second-order valence-electron chi connectivity index (χ2n) is 6.38. The summed E-state index contributed by atoms with van der Waals surface area (Å²) in [5.74, 6) is -0.112. The van der Waals surface area contributed by atoms with Crippen LogP contribution in [0, 0.1) is 0 Å². The van der Waals surface area contributed by atoms with Crippen LogP contribution in [0.25, 0.3) is 0 Å². The molecule has 0 radical (unpaired) electrons. The Bertz CT molecular complexity index is 370. The molecule has 1 amide bonds. The third kappa shape index (κ3) is 2.66. The molecular formula is C13H23NO4. The van der Waals surface area contributed by atoms with Gasteiger partial charge in [0.1, 0.15) is 16.9 Å². The Morgan fingerprint density at radius 3 is 2.11 bits per heavy atom. The molecule has 0 spiro atoms. The molecule has 1 saturated heterocycles. The van der Waals surface area contributed by atoms with Crippen LogP contribution in [0.3, 0.4) is 0 Å². The molecule has 0 saturated carbocycles. The van der Waals surface area contributed by atoms with Gasteiger partial charge in [-0.3, -0.25) is 9.69 Å². The van der Waals surface area contributed by atoms with E-state index in [1.807, 2.05) is 0 Å². The topological polar surface area (TPSA) is 55.8 Å². The minimum Gasteiger partial charge on any atom is -0.444 e. The van der Waals surface area contributed by atoms with E-state index in [1.54, 1.807) is 41.5 Å². The monoisotopic (exact) mass is 257 g/mol. The molecule has 5 nitrogen and oxygen atoms in total. The smallest absolute Gasteiger partial charge is 0.413 e. The highest BCUT2D eigenvalue weighted by Crippen LogP contribution is 2.36. The van der Waals surface area contributed by atoms with Crippen molar-refractivity contribution in [2.24, 2.45) is 0 Å². The minimum atomic E-state index is -0.966. The van der Waals surface area contributed by atoms with Crippen LogP contribution >= 0.6 is 0 Å². The first-order valence-electron chi connectivity index (χ1n) is 6.08. The maximum atomic E-state index is 12.3. The number of carbonyl (C=O) groups is 2. The lowest BCUT2D eigenvalue weighted by Gasteiger charge is -2.38. The first kappa shape index (κ1) is 15.0. The quantitative estimate of drug-likeness (QED) is 0.723. The fourth-order valence-electron chi connectivity index (χ4n) is 2.03. The zero-order chi connectivity index (χ0) is 14.4. The van der Waals surface area contributed by atoms with E-state index < -0.39 is 23.0 Å². The van der Waals surface area contributed by atoms with E-state index in [-0.39, 0.29) is 12.4 Å². The Morgan fingerprint density at radius 1 is 1.22 bits per heavy atom. The summed E-state index contributed by atoms with van der Waals surface area (Å²) in [6.07, 6.45) is -0.525. The second kappa shape index (κ2) is 4.23. The summed E-state index contributed by atoms with van der Waals surface area (Å²) in [4.78, 5) is 25.5. The lowest BCUT2D eigenvalue weighted by atomic mass is 9.96. The van der Waals surface area contributed by atoms with Crippen molar-refractivity contribution in [3.05, 3.63) is 0 Å². The molecule has 0 aromatic rings. The van der Waals surface area contributed by atoms with Crippen LogP contribution in [-0.2, 0) is 14.3 Å². The van der Waals surface area contributed by atoms with Crippen molar-refractivity contribution >= 4 is 11.9 Å². The predicted octanol–water partition coefficient (Wildman–Crippen LogP) is 2.34. The molecule has 1 heterocycles. The van der Waals surface area contributed by atoms with Crippen LogP contribution < -0.4 is 0 Å². The van der Waals surface area contributed by atoms with E-state index in [9.17, 15) is 9.59 Å². The lowest BCUT2D eigenvalue weighted by molar-refractivity contribution is -0.128. The number of ketones is 1. The van der Waals surface area contributed by atoms with E-state index in [2.05, 4.69) is 0 Å². The van der Waals surface area contributed by atoms with Gasteiger partial charge in [0, 0.05) is 0 Å². The van der Waals surface area contributed by atoms with Crippen molar-refractivity contribution in [1.29, 1.82) is 0 Å². The summed E-state index contributed by atoms with van der Waals surface area (Å²) in [6, 6.07) is 0. The number of hydrogen-bond acceptors (Lipinski definition) is 4. The molecule has 0 aromatic heterocycles. The third-order valence-corrected chi connectivity index (χ3v) is 3.07. The van der Waals surface area contributed by atoms with Crippen molar-refractivity contribution in [3.8, 4) is 0 Å². The standard InChI is InChI=1S/C13H23NO4/c1-9(15)13(7)8-17-12(5,6)14(13)10(16)18-11(2,3)4/h8H2,1-7H3/t13-/m0/s1. The van der Waals surface area contributed by atoms with Gasteiger partial charge in [0.15, 0.2) is 5.78 Å². The van der Waals surface area contributed by atoms with Gasteiger partial charge in [0.25, 0.3) is 0 Å². The molecule has 1 fully saturated rings. The summed E-state index contributed by atoms with van der Waals surface area (Å²) >= 11 is 0. The third-order valence-electron chi connectivity index (χ3n) is 3.07. The van der Waals surface area contributed by atoms with Crippen molar-refractivity contribution in [3.63, 3.8) is 0 Å². The van der Waals surface area contributed by atoms with Crippen molar-refractivity contribution in [2.75, 3.05) is 6.61 Å². The van der Waals surface area contributed by atoms with E-state index in [4.69, 9.17) is 9.47 Å². The van der Waals surface area contributed by atoms with E-state index in [0.717, 1.165) is 0 Å². The highest BCUT2D eigenvalue weighted by Gasteiger charge is 2.55. The van der Waals surface area contributed by atoms with Crippen molar-refractivity contribution in [1.82, 2.24) is 4.90 Å². The molecule has 0 aliphatic carbocycles. The molecule has 1 atom stereocenters. The molecular weight excluding hydrogens is 234 g/mol. The number of carbonyl (C=O) groups excluding carboxylic acids is 2. The first-order chi connectivity index (χ1) is 7.90. The maximum absolute atomic E-state index is 12.3. The number of hydrogen-bond donors (Lipinski definition) is 0. The number of rotatable bonds is 1. The maximum Gasteiger partial charge on any atom is 0.413 e. The molecule has 0 N–H and O–H groups in total. The fourth-order valence-corrected chi connectivity index (χ4v) is 2.03. The lowest BCUT2D eigenvalue weighted by Crippen LogP contribution is -2.58. The SMILES string of the molecule is CC(=O)[C@]1(C)COC(C)(C)N1C(=O)OC(C)(C)C. The Labute approximate surface area is 108 Å². The largest absolute Gasteiger partial charge is 0.444 e. The highest BCUT2D eigenvalue weighted by atomic mass is 16.6. The van der Waals surface area contributed by atoms with Crippen LogP contribution in [0.1, 0.15) is 48.5 Å². The molecule has 104 valence electrons. The molecule has 1 aliphatic rings. The molecule has 18 heavy (non-hydrogen) atoms. The summed E-state index contributed by atoms with van der Waals surface area (Å²) in [5.41, 5.74) is -2.41. The zero-order valence-electron chi connectivity index (χ0n) is 12.3. The molecule has 1 rings (SSSR count). The van der Waals surface area contributed by atoms with Gasteiger partial charge < -0.3 is 9.47 Å².